The maximum Gasteiger partial charge on any atom is 0.161 e. The van der Waals surface area contributed by atoms with E-state index in [-0.39, 0.29) is 5.78 Å². The third-order valence-electron chi connectivity index (χ3n) is 3.19. The molecule has 2 aromatic rings. The quantitative estimate of drug-likeness (QED) is 0.720. The molecule has 3 rings (SSSR count). The van der Waals surface area contributed by atoms with E-state index in [1.54, 1.807) is 6.92 Å². The van der Waals surface area contributed by atoms with E-state index in [0.29, 0.717) is 5.92 Å². The van der Waals surface area contributed by atoms with Gasteiger partial charge in [-0.1, -0.05) is 0 Å². The first-order chi connectivity index (χ1) is 7.68. The van der Waals surface area contributed by atoms with E-state index in [1.807, 2.05) is 25.3 Å². The maximum atomic E-state index is 11.6. The monoisotopic (exact) mass is 214 g/mol. The Kier molecular flexibility index (Phi) is 1.90. The van der Waals surface area contributed by atoms with Gasteiger partial charge in [0, 0.05) is 17.7 Å². The Morgan fingerprint density at radius 3 is 2.88 bits per heavy atom. The van der Waals surface area contributed by atoms with Crippen LogP contribution >= 0.6 is 0 Å². The van der Waals surface area contributed by atoms with Gasteiger partial charge in [0.25, 0.3) is 0 Å². The van der Waals surface area contributed by atoms with E-state index < -0.39 is 0 Å². The minimum absolute atomic E-state index is 0.107. The zero-order valence-electron chi connectivity index (χ0n) is 9.53. The van der Waals surface area contributed by atoms with Gasteiger partial charge in [0.2, 0.25) is 0 Å². The van der Waals surface area contributed by atoms with Crippen LogP contribution in [0.1, 0.15) is 47.6 Å². The summed E-state index contributed by atoms with van der Waals surface area (Å²) in [6.45, 7) is 3.59. The molecule has 0 atom stereocenters. The highest BCUT2D eigenvalue weighted by atomic mass is 16.1. The number of imidazole rings is 1. The van der Waals surface area contributed by atoms with Crippen molar-refractivity contribution >= 4 is 11.3 Å². The molecule has 0 saturated heterocycles. The lowest BCUT2D eigenvalue weighted by atomic mass is 10.1. The molecule has 1 aliphatic rings. The lowest BCUT2D eigenvalue weighted by molar-refractivity contribution is 0.101. The van der Waals surface area contributed by atoms with Gasteiger partial charge in [-0.15, -0.1) is 0 Å². The summed E-state index contributed by atoms with van der Waals surface area (Å²) < 4.78 is 2.09. The molecule has 0 unspecified atom stereocenters. The summed E-state index contributed by atoms with van der Waals surface area (Å²) in [5.74, 6) is 1.83. The van der Waals surface area contributed by atoms with Crippen molar-refractivity contribution in [3.8, 4) is 0 Å². The van der Waals surface area contributed by atoms with E-state index in [4.69, 9.17) is 0 Å². The molecule has 2 aromatic heterocycles. The molecule has 3 heteroatoms. The topological polar surface area (TPSA) is 34.4 Å². The normalized spacial score (nSPS) is 15.6. The van der Waals surface area contributed by atoms with Crippen molar-refractivity contribution < 1.29 is 4.79 Å². The van der Waals surface area contributed by atoms with Crippen molar-refractivity contribution in [2.24, 2.45) is 0 Å². The fourth-order valence-electron chi connectivity index (χ4n) is 2.26. The van der Waals surface area contributed by atoms with Crippen molar-refractivity contribution in [3.05, 3.63) is 35.4 Å². The van der Waals surface area contributed by atoms with Crippen LogP contribution in [0.4, 0.5) is 0 Å². The van der Waals surface area contributed by atoms with Gasteiger partial charge in [-0.25, -0.2) is 4.98 Å². The summed E-state index contributed by atoms with van der Waals surface area (Å²) in [6.07, 6.45) is 4.46. The van der Waals surface area contributed by atoms with Crippen molar-refractivity contribution in [2.75, 3.05) is 0 Å². The highest BCUT2D eigenvalue weighted by Crippen LogP contribution is 2.40. The van der Waals surface area contributed by atoms with Crippen LogP contribution in [-0.2, 0) is 0 Å². The van der Waals surface area contributed by atoms with Crippen LogP contribution in [0.5, 0.6) is 0 Å². The molecule has 0 bridgehead atoms. The van der Waals surface area contributed by atoms with E-state index in [9.17, 15) is 4.79 Å². The Morgan fingerprint density at radius 2 is 2.25 bits per heavy atom. The Bertz CT molecular complexity index is 579. The van der Waals surface area contributed by atoms with Crippen molar-refractivity contribution in [1.82, 2.24) is 9.38 Å². The number of fused-ring (bicyclic) bond motifs is 1. The van der Waals surface area contributed by atoms with Crippen molar-refractivity contribution in [2.45, 2.75) is 32.6 Å². The number of hydrogen-bond donors (Lipinski definition) is 0. The molecule has 3 nitrogen and oxygen atoms in total. The summed E-state index contributed by atoms with van der Waals surface area (Å²) in [6, 6.07) is 3.81. The highest BCUT2D eigenvalue weighted by molar-refractivity contribution is 6.01. The fraction of sp³-hybridized carbons (Fsp3) is 0.385. The standard InChI is InChI=1S/C13H14N2O/c1-8-12-11(9(2)16)4-3-7-15(12)13(14-8)10-5-6-10/h3-4,7,10H,5-6H2,1-2H3. The van der Waals surface area contributed by atoms with Crippen LogP contribution in [0.15, 0.2) is 18.3 Å². The molecule has 0 radical (unpaired) electrons. The first-order valence-electron chi connectivity index (χ1n) is 5.67. The average molecular weight is 214 g/mol. The fourth-order valence-corrected chi connectivity index (χ4v) is 2.26. The smallest absolute Gasteiger partial charge is 0.161 e. The number of nitrogens with zero attached hydrogens (tertiary/aromatic N) is 2. The van der Waals surface area contributed by atoms with Gasteiger partial charge in [0.05, 0.1) is 11.2 Å². The number of Topliss-reactive ketones (excluding diaryl/α,β-unsaturated/α-hetero) is 1. The number of ketones is 1. The number of carbonyl (C=O) groups is 1. The van der Waals surface area contributed by atoms with Gasteiger partial charge < -0.3 is 4.40 Å². The van der Waals surface area contributed by atoms with Gasteiger partial charge in [-0.05, 0) is 38.8 Å². The lowest BCUT2D eigenvalue weighted by Crippen LogP contribution is -1.98. The summed E-state index contributed by atoms with van der Waals surface area (Å²) in [5, 5.41) is 0. The number of aryl methyl sites for hydroxylation is 1. The number of hydrogen-bond acceptors (Lipinski definition) is 2. The zero-order chi connectivity index (χ0) is 11.3. The molecular formula is C13H14N2O. The average Bonchev–Trinajstić information content (AvgIpc) is 3.04. The molecule has 82 valence electrons. The van der Waals surface area contributed by atoms with Crippen LogP contribution in [0, 0.1) is 6.92 Å². The third kappa shape index (κ3) is 1.28. The Morgan fingerprint density at radius 1 is 1.50 bits per heavy atom. The predicted octanol–water partition coefficient (Wildman–Crippen LogP) is 2.72. The molecule has 0 amide bonds. The molecule has 0 aromatic carbocycles. The van der Waals surface area contributed by atoms with Gasteiger partial charge in [-0.2, -0.15) is 0 Å². The first-order valence-corrected chi connectivity index (χ1v) is 5.67. The van der Waals surface area contributed by atoms with Crippen LogP contribution in [0.25, 0.3) is 5.52 Å². The second-order valence-corrected chi connectivity index (χ2v) is 4.53. The molecule has 1 saturated carbocycles. The maximum absolute atomic E-state index is 11.6. The highest BCUT2D eigenvalue weighted by Gasteiger charge is 2.29. The van der Waals surface area contributed by atoms with Crippen molar-refractivity contribution in [3.63, 3.8) is 0 Å². The SMILES string of the molecule is CC(=O)c1cccn2c(C3CC3)nc(C)c12. The van der Waals surface area contributed by atoms with Crippen LogP contribution < -0.4 is 0 Å². The van der Waals surface area contributed by atoms with E-state index in [2.05, 4.69) is 9.38 Å². The number of pyridine rings is 1. The Hall–Kier alpha value is -1.64. The molecule has 0 N–H and O–H groups in total. The molecule has 0 aliphatic heterocycles. The molecule has 2 heterocycles. The van der Waals surface area contributed by atoms with E-state index in [0.717, 1.165) is 22.6 Å². The second-order valence-electron chi connectivity index (χ2n) is 4.53. The number of rotatable bonds is 2. The largest absolute Gasteiger partial charge is 0.302 e. The predicted molar refractivity (Wildman–Crippen MR) is 61.9 cm³/mol. The van der Waals surface area contributed by atoms with Gasteiger partial charge >= 0.3 is 0 Å². The third-order valence-corrected chi connectivity index (χ3v) is 3.19. The summed E-state index contributed by atoms with van der Waals surface area (Å²) >= 11 is 0. The molecule has 16 heavy (non-hydrogen) atoms. The summed E-state index contributed by atoms with van der Waals surface area (Å²) in [7, 11) is 0. The molecular weight excluding hydrogens is 200 g/mol. The van der Waals surface area contributed by atoms with Gasteiger partial charge in [0.15, 0.2) is 5.78 Å². The second kappa shape index (κ2) is 3.17. The van der Waals surface area contributed by atoms with E-state index >= 15 is 0 Å². The number of carbonyl (C=O) groups excluding carboxylic acids is 1. The van der Waals surface area contributed by atoms with Crippen molar-refractivity contribution in [1.29, 1.82) is 0 Å². The molecule has 0 spiro atoms. The minimum Gasteiger partial charge on any atom is -0.302 e. The Balaban J connectivity index is 2.35. The summed E-state index contributed by atoms with van der Waals surface area (Å²) in [4.78, 5) is 16.2. The molecule has 1 fully saturated rings. The number of aromatic nitrogens is 2. The first kappa shape index (κ1) is 9.58. The van der Waals surface area contributed by atoms with Crippen LogP contribution in [0.2, 0.25) is 0 Å². The molecule has 1 aliphatic carbocycles. The van der Waals surface area contributed by atoms with Crippen LogP contribution in [0.3, 0.4) is 0 Å². The van der Waals surface area contributed by atoms with Gasteiger partial charge in [0.1, 0.15) is 5.82 Å². The van der Waals surface area contributed by atoms with Crippen LogP contribution in [-0.4, -0.2) is 15.2 Å². The zero-order valence-corrected chi connectivity index (χ0v) is 9.53. The lowest BCUT2D eigenvalue weighted by Gasteiger charge is -2.02. The minimum atomic E-state index is 0.107. The van der Waals surface area contributed by atoms with E-state index in [1.165, 1.54) is 12.8 Å². The van der Waals surface area contributed by atoms with Gasteiger partial charge in [-0.3, -0.25) is 4.79 Å². The Labute approximate surface area is 94.1 Å². The summed E-state index contributed by atoms with van der Waals surface area (Å²) in [5.41, 5.74) is 2.73.